The molecule has 7 nitrogen and oxygen atoms in total. The van der Waals surface area contributed by atoms with Gasteiger partial charge in [0.15, 0.2) is 0 Å². The maximum Gasteiger partial charge on any atom is 0.246 e. The van der Waals surface area contributed by atoms with Crippen LogP contribution in [0.3, 0.4) is 0 Å². The lowest BCUT2D eigenvalue weighted by atomic mass is 9.85. The van der Waals surface area contributed by atoms with Gasteiger partial charge in [0.05, 0.1) is 12.1 Å². The van der Waals surface area contributed by atoms with E-state index in [9.17, 15) is 14.4 Å². The first-order valence-corrected chi connectivity index (χ1v) is 12.7. The molecule has 1 heterocycles. The zero-order valence-electron chi connectivity index (χ0n) is 21.6. The van der Waals surface area contributed by atoms with Crippen molar-refractivity contribution < 1.29 is 14.4 Å². The number of likely N-dealkylation sites (tertiary alicyclic amines) is 1. The summed E-state index contributed by atoms with van der Waals surface area (Å²) >= 11 is 0. The summed E-state index contributed by atoms with van der Waals surface area (Å²) < 4.78 is 0. The number of carbonyl (C=O) groups excluding carboxylic acids is 3. The minimum atomic E-state index is -0.711. The third kappa shape index (κ3) is 5.80. The van der Waals surface area contributed by atoms with Crippen LogP contribution in [0.1, 0.15) is 77.5 Å². The quantitative estimate of drug-likeness (QED) is 0.572. The fourth-order valence-corrected chi connectivity index (χ4v) is 5.10. The third-order valence-corrected chi connectivity index (χ3v) is 7.46. The lowest BCUT2D eigenvalue weighted by Gasteiger charge is -2.36. The molecule has 3 N–H and O–H groups in total. The van der Waals surface area contributed by atoms with Gasteiger partial charge in [0, 0.05) is 6.54 Å². The number of benzene rings is 1. The molecular formula is C27H42N4O3. The first kappa shape index (κ1) is 26.2. The Morgan fingerprint density at radius 3 is 2.53 bits per heavy atom. The Bertz CT molecular complexity index is 894. The Labute approximate surface area is 204 Å². The molecule has 1 aliphatic carbocycles. The van der Waals surface area contributed by atoms with Crippen LogP contribution >= 0.6 is 0 Å². The van der Waals surface area contributed by atoms with Gasteiger partial charge in [-0.25, -0.2) is 0 Å². The Kier molecular flexibility index (Phi) is 8.39. The summed E-state index contributed by atoms with van der Waals surface area (Å²) in [5.41, 5.74) is 1.98. The lowest BCUT2D eigenvalue weighted by molar-refractivity contribution is -0.144. The van der Waals surface area contributed by atoms with Crippen LogP contribution in [-0.2, 0) is 20.8 Å². The van der Waals surface area contributed by atoms with Crippen LogP contribution in [0.15, 0.2) is 24.3 Å². The summed E-state index contributed by atoms with van der Waals surface area (Å²) in [6.45, 7) is 10.2. The number of fused-ring (bicyclic) bond motifs is 1. The molecule has 0 saturated carbocycles. The van der Waals surface area contributed by atoms with E-state index in [2.05, 4.69) is 35.0 Å². The van der Waals surface area contributed by atoms with Crippen LogP contribution in [0.5, 0.6) is 0 Å². The van der Waals surface area contributed by atoms with Crippen LogP contribution in [0.25, 0.3) is 0 Å². The van der Waals surface area contributed by atoms with Gasteiger partial charge in [-0.05, 0) is 62.1 Å². The number of carbonyl (C=O) groups is 3. The molecule has 34 heavy (non-hydrogen) atoms. The molecule has 3 rings (SSSR count). The van der Waals surface area contributed by atoms with Crippen LogP contribution in [0, 0.1) is 11.3 Å². The molecule has 1 saturated heterocycles. The van der Waals surface area contributed by atoms with E-state index in [0.29, 0.717) is 13.0 Å². The topological polar surface area (TPSA) is 90.5 Å². The predicted molar refractivity (Wildman–Crippen MR) is 134 cm³/mol. The van der Waals surface area contributed by atoms with E-state index in [4.69, 9.17) is 0 Å². The van der Waals surface area contributed by atoms with Crippen molar-refractivity contribution in [2.24, 2.45) is 11.3 Å². The molecule has 0 radical (unpaired) electrons. The summed E-state index contributed by atoms with van der Waals surface area (Å²) in [4.78, 5) is 41.7. The number of hydrogen-bond donors (Lipinski definition) is 3. The number of nitrogens with one attached hydrogen (secondary N) is 3. The average Bonchev–Trinajstić information content (AvgIpc) is 3.25. The molecule has 2 unspecified atom stereocenters. The van der Waals surface area contributed by atoms with Crippen molar-refractivity contribution in [2.75, 3.05) is 13.6 Å². The molecule has 1 fully saturated rings. The fraction of sp³-hybridized carbons (Fsp3) is 0.667. The molecule has 1 aliphatic heterocycles. The van der Waals surface area contributed by atoms with Gasteiger partial charge >= 0.3 is 0 Å². The lowest BCUT2D eigenvalue weighted by Crippen LogP contribution is -2.59. The van der Waals surface area contributed by atoms with Gasteiger partial charge in [0.25, 0.3) is 0 Å². The number of rotatable bonds is 7. The second-order valence-corrected chi connectivity index (χ2v) is 11.0. The highest BCUT2D eigenvalue weighted by Gasteiger charge is 2.45. The van der Waals surface area contributed by atoms with Crippen LogP contribution in [0.2, 0.25) is 0 Å². The summed E-state index contributed by atoms with van der Waals surface area (Å²) in [5.74, 6) is -0.217. The molecule has 7 heteroatoms. The number of nitrogens with zero attached hydrogens (tertiary/aromatic N) is 1. The number of hydrogen-bond acceptors (Lipinski definition) is 4. The van der Waals surface area contributed by atoms with Crippen LogP contribution in [-0.4, -0.2) is 54.3 Å². The molecule has 2 aliphatic rings. The van der Waals surface area contributed by atoms with Crippen molar-refractivity contribution in [2.45, 2.75) is 90.9 Å². The van der Waals surface area contributed by atoms with E-state index in [-0.39, 0.29) is 29.7 Å². The van der Waals surface area contributed by atoms with Crippen molar-refractivity contribution >= 4 is 17.7 Å². The van der Waals surface area contributed by atoms with E-state index in [1.807, 2.05) is 32.9 Å². The Balaban J connectivity index is 1.81. The Morgan fingerprint density at radius 2 is 1.88 bits per heavy atom. The number of likely N-dealkylation sites (N-methyl/N-ethyl adjacent to an activating group) is 1. The van der Waals surface area contributed by atoms with Gasteiger partial charge in [-0.3, -0.25) is 14.4 Å². The van der Waals surface area contributed by atoms with E-state index >= 15 is 0 Å². The van der Waals surface area contributed by atoms with E-state index in [1.165, 1.54) is 11.1 Å². The molecule has 188 valence electrons. The van der Waals surface area contributed by atoms with Crippen molar-refractivity contribution in [1.29, 1.82) is 0 Å². The van der Waals surface area contributed by atoms with Gasteiger partial charge in [-0.2, -0.15) is 0 Å². The maximum atomic E-state index is 13.8. The van der Waals surface area contributed by atoms with Gasteiger partial charge in [0.1, 0.15) is 12.1 Å². The molecule has 5 atom stereocenters. The predicted octanol–water partition coefficient (Wildman–Crippen LogP) is 2.95. The highest BCUT2D eigenvalue weighted by Crippen LogP contribution is 2.33. The summed E-state index contributed by atoms with van der Waals surface area (Å²) in [5, 5.41) is 9.13. The van der Waals surface area contributed by atoms with Crippen molar-refractivity contribution in [3.05, 3.63) is 35.4 Å². The highest BCUT2D eigenvalue weighted by atomic mass is 16.2. The summed E-state index contributed by atoms with van der Waals surface area (Å²) in [6, 6.07) is 6.63. The second-order valence-electron chi connectivity index (χ2n) is 11.0. The van der Waals surface area contributed by atoms with Gasteiger partial charge in [0.2, 0.25) is 17.7 Å². The SMILES string of the molecule is CC[C@H]1CC(C(=O)NC2CCCc3ccccc32)N(C(=O)[C@@H](NC(=O)[C@H](C)NC)C(C)(C)C)C1. The van der Waals surface area contributed by atoms with Crippen LogP contribution < -0.4 is 16.0 Å². The molecule has 3 amide bonds. The smallest absolute Gasteiger partial charge is 0.246 e. The average molecular weight is 471 g/mol. The first-order chi connectivity index (χ1) is 16.1. The Hall–Kier alpha value is -2.41. The van der Waals surface area contributed by atoms with Gasteiger partial charge in [-0.15, -0.1) is 0 Å². The fourth-order valence-electron chi connectivity index (χ4n) is 5.10. The van der Waals surface area contributed by atoms with Crippen molar-refractivity contribution in [3.8, 4) is 0 Å². The minimum absolute atomic E-state index is 0.0235. The number of amides is 3. The molecular weight excluding hydrogens is 428 g/mol. The van der Waals surface area contributed by atoms with Crippen molar-refractivity contribution in [3.63, 3.8) is 0 Å². The molecule has 0 spiro atoms. The zero-order chi connectivity index (χ0) is 25.0. The standard InChI is InChI=1S/C27H42N4O3/c1-7-18-15-22(25(33)29-21-14-10-12-19-11-8-9-13-20(19)21)31(16-18)26(34)23(27(3,4)5)30-24(32)17(2)28-6/h8-9,11,13,17-18,21-23,28H,7,10,12,14-16H2,1-6H3,(H,29,33)(H,30,32)/t17-,18-,21?,22?,23+/m0/s1. The van der Waals surface area contributed by atoms with E-state index in [1.54, 1.807) is 18.9 Å². The van der Waals surface area contributed by atoms with E-state index < -0.39 is 23.5 Å². The molecule has 1 aromatic rings. The zero-order valence-corrected chi connectivity index (χ0v) is 21.6. The third-order valence-electron chi connectivity index (χ3n) is 7.46. The van der Waals surface area contributed by atoms with E-state index in [0.717, 1.165) is 25.7 Å². The number of aryl methyl sites for hydroxylation is 1. The second kappa shape index (κ2) is 10.9. The van der Waals surface area contributed by atoms with Gasteiger partial charge in [-0.1, -0.05) is 58.4 Å². The maximum absolute atomic E-state index is 13.8. The summed E-state index contributed by atoms with van der Waals surface area (Å²) in [6.07, 6.45) is 4.54. The summed E-state index contributed by atoms with van der Waals surface area (Å²) in [7, 11) is 1.72. The molecule has 0 aromatic heterocycles. The van der Waals surface area contributed by atoms with Crippen LogP contribution in [0.4, 0.5) is 0 Å². The minimum Gasteiger partial charge on any atom is -0.347 e. The van der Waals surface area contributed by atoms with Crippen molar-refractivity contribution in [1.82, 2.24) is 20.9 Å². The Morgan fingerprint density at radius 1 is 1.18 bits per heavy atom. The molecule has 0 bridgehead atoms. The van der Waals surface area contributed by atoms with Gasteiger partial charge < -0.3 is 20.9 Å². The normalized spacial score (nSPS) is 24.2. The highest BCUT2D eigenvalue weighted by molar-refractivity contribution is 5.94. The largest absolute Gasteiger partial charge is 0.347 e. The first-order valence-electron chi connectivity index (χ1n) is 12.7. The monoisotopic (exact) mass is 470 g/mol. The molecule has 1 aromatic carbocycles.